The zero-order chi connectivity index (χ0) is 9.97. The lowest BCUT2D eigenvalue weighted by atomic mass is 10.5. The fraction of sp³-hybridized carbons (Fsp3) is 0.250. The molecule has 0 aliphatic rings. The average Bonchev–Trinajstić information content (AvgIpc) is 2.74. The molecule has 74 valence electrons. The molecule has 0 fully saturated rings. The summed E-state index contributed by atoms with van der Waals surface area (Å²) in [5, 5.41) is 9.94. The van der Waals surface area contributed by atoms with Gasteiger partial charge in [0.25, 0.3) is 0 Å². The van der Waals surface area contributed by atoms with Crippen molar-refractivity contribution in [3.05, 3.63) is 22.4 Å². The molecule has 0 atom stereocenters. The normalized spacial score (nSPS) is 10.7. The molecule has 3 nitrogen and oxygen atoms in total. The molecular weight excluding hydrogens is 243 g/mol. The molecule has 0 amide bonds. The van der Waals surface area contributed by atoms with Gasteiger partial charge in [0, 0.05) is 12.3 Å². The molecule has 0 radical (unpaired) electrons. The quantitative estimate of drug-likeness (QED) is 0.784. The third-order valence-corrected chi connectivity index (χ3v) is 2.95. The van der Waals surface area contributed by atoms with E-state index in [0.717, 1.165) is 16.4 Å². The maximum absolute atomic E-state index is 5.65. The van der Waals surface area contributed by atoms with Gasteiger partial charge in [-0.2, -0.15) is 0 Å². The molecular formula is C8H6Cl2N2OS. The summed E-state index contributed by atoms with van der Waals surface area (Å²) in [7, 11) is 0. The number of hydrogen-bond donors (Lipinski definition) is 0. The highest BCUT2D eigenvalue weighted by Gasteiger charge is 2.09. The SMILES string of the molecule is ClCCc1nnc(-c2ccc(Cl)o2)s1. The molecule has 0 spiro atoms. The van der Waals surface area contributed by atoms with Crippen LogP contribution in [0.5, 0.6) is 0 Å². The lowest BCUT2D eigenvalue weighted by Crippen LogP contribution is -1.82. The van der Waals surface area contributed by atoms with E-state index in [0.29, 0.717) is 16.9 Å². The zero-order valence-corrected chi connectivity index (χ0v) is 9.36. The van der Waals surface area contributed by atoms with E-state index in [9.17, 15) is 0 Å². The first-order valence-corrected chi connectivity index (χ1v) is 5.66. The summed E-state index contributed by atoms with van der Waals surface area (Å²) < 4.78 is 5.20. The number of hydrogen-bond acceptors (Lipinski definition) is 4. The van der Waals surface area contributed by atoms with E-state index in [4.69, 9.17) is 27.6 Å². The number of furan rings is 1. The van der Waals surface area contributed by atoms with Gasteiger partial charge in [-0.05, 0) is 23.7 Å². The number of rotatable bonds is 3. The summed E-state index contributed by atoms with van der Waals surface area (Å²) in [5.41, 5.74) is 0. The summed E-state index contributed by atoms with van der Waals surface area (Å²) in [4.78, 5) is 0. The summed E-state index contributed by atoms with van der Waals surface area (Å²) in [6.45, 7) is 0. The van der Waals surface area contributed by atoms with E-state index in [1.165, 1.54) is 11.3 Å². The number of nitrogens with zero attached hydrogens (tertiary/aromatic N) is 2. The van der Waals surface area contributed by atoms with Crippen LogP contribution in [0.4, 0.5) is 0 Å². The molecule has 2 aromatic heterocycles. The molecule has 0 unspecified atom stereocenters. The van der Waals surface area contributed by atoms with E-state index in [1.807, 2.05) is 0 Å². The fourth-order valence-electron chi connectivity index (χ4n) is 0.964. The second-order valence-electron chi connectivity index (χ2n) is 2.54. The maximum atomic E-state index is 5.65. The van der Waals surface area contributed by atoms with Crippen LogP contribution in [0.25, 0.3) is 10.8 Å². The lowest BCUT2D eigenvalue weighted by molar-refractivity contribution is 0.583. The van der Waals surface area contributed by atoms with Crippen molar-refractivity contribution in [2.45, 2.75) is 6.42 Å². The summed E-state index contributed by atoms with van der Waals surface area (Å²) >= 11 is 12.7. The Morgan fingerprint density at radius 3 is 2.86 bits per heavy atom. The van der Waals surface area contributed by atoms with Crippen molar-refractivity contribution in [3.8, 4) is 10.8 Å². The van der Waals surface area contributed by atoms with Gasteiger partial charge in [-0.3, -0.25) is 0 Å². The number of halogens is 2. The minimum Gasteiger partial charge on any atom is -0.442 e. The number of aryl methyl sites for hydroxylation is 1. The minimum absolute atomic E-state index is 0.356. The van der Waals surface area contributed by atoms with E-state index in [2.05, 4.69) is 10.2 Å². The molecule has 0 aromatic carbocycles. The van der Waals surface area contributed by atoms with Crippen LogP contribution in [0.2, 0.25) is 5.22 Å². The van der Waals surface area contributed by atoms with Crippen molar-refractivity contribution < 1.29 is 4.42 Å². The van der Waals surface area contributed by atoms with Crippen molar-refractivity contribution in [2.75, 3.05) is 5.88 Å². The standard InChI is InChI=1S/C8H6Cl2N2OS/c9-4-3-7-11-12-8(14-7)5-1-2-6(10)13-5/h1-2H,3-4H2. The van der Waals surface area contributed by atoms with Gasteiger partial charge < -0.3 is 4.42 Å². The van der Waals surface area contributed by atoms with Gasteiger partial charge in [-0.15, -0.1) is 21.8 Å². The lowest BCUT2D eigenvalue weighted by Gasteiger charge is -1.85. The molecule has 0 saturated carbocycles. The summed E-state index contributed by atoms with van der Waals surface area (Å²) in [6, 6.07) is 3.45. The van der Waals surface area contributed by atoms with Gasteiger partial charge in [-0.25, -0.2) is 0 Å². The van der Waals surface area contributed by atoms with Gasteiger partial charge in [0.2, 0.25) is 0 Å². The van der Waals surface area contributed by atoms with Gasteiger partial charge >= 0.3 is 0 Å². The van der Waals surface area contributed by atoms with Crippen LogP contribution in [0.15, 0.2) is 16.5 Å². The molecule has 0 aliphatic heterocycles. The molecule has 0 bridgehead atoms. The highest BCUT2D eigenvalue weighted by atomic mass is 35.5. The van der Waals surface area contributed by atoms with Crippen molar-refractivity contribution in [1.82, 2.24) is 10.2 Å². The Bertz CT molecular complexity index is 426. The van der Waals surface area contributed by atoms with Crippen LogP contribution >= 0.6 is 34.5 Å². The molecule has 2 rings (SSSR count). The monoisotopic (exact) mass is 248 g/mol. The topological polar surface area (TPSA) is 38.9 Å². The van der Waals surface area contributed by atoms with Crippen LogP contribution in [-0.4, -0.2) is 16.1 Å². The first-order chi connectivity index (χ1) is 6.79. The molecule has 0 N–H and O–H groups in total. The first kappa shape index (κ1) is 9.96. The molecule has 0 aliphatic carbocycles. The predicted molar refractivity (Wildman–Crippen MR) is 57.0 cm³/mol. The summed E-state index contributed by atoms with van der Waals surface area (Å²) in [5.74, 6) is 1.20. The Balaban J connectivity index is 2.24. The van der Waals surface area contributed by atoms with Crippen LogP contribution in [0.1, 0.15) is 5.01 Å². The second kappa shape index (κ2) is 4.29. The van der Waals surface area contributed by atoms with E-state index >= 15 is 0 Å². The third-order valence-electron chi connectivity index (χ3n) is 1.56. The van der Waals surface area contributed by atoms with E-state index in [-0.39, 0.29) is 0 Å². The van der Waals surface area contributed by atoms with Crippen molar-refractivity contribution in [1.29, 1.82) is 0 Å². The second-order valence-corrected chi connectivity index (χ2v) is 4.36. The smallest absolute Gasteiger partial charge is 0.194 e. The third kappa shape index (κ3) is 2.08. The number of aromatic nitrogens is 2. The zero-order valence-electron chi connectivity index (χ0n) is 7.04. The predicted octanol–water partition coefficient (Wildman–Crippen LogP) is 3.23. The van der Waals surface area contributed by atoms with Gasteiger partial charge in [-0.1, -0.05) is 11.3 Å². The summed E-state index contributed by atoms with van der Waals surface area (Å²) in [6.07, 6.45) is 0.730. The largest absolute Gasteiger partial charge is 0.442 e. The Morgan fingerprint density at radius 1 is 1.36 bits per heavy atom. The molecule has 2 heterocycles. The average molecular weight is 249 g/mol. The molecule has 6 heteroatoms. The highest BCUT2D eigenvalue weighted by molar-refractivity contribution is 7.14. The van der Waals surface area contributed by atoms with Gasteiger partial charge in [0.1, 0.15) is 5.01 Å². The van der Waals surface area contributed by atoms with Crippen molar-refractivity contribution in [2.24, 2.45) is 0 Å². The fourth-order valence-corrected chi connectivity index (χ4v) is 2.20. The Morgan fingerprint density at radius 2 is 2.21 bits per heavy atom. The van der Waals surface area contributed by atoms with Crippen molar-refractivity contribution >= 4 is 34.5 Å². The Labute approximate surface area is 94.7 Å². The van der Waals surface area contributed by atoms with Crippen LogP contribution in [0.3, 0.4) is 0 Å². The molecule has 0 saturated heterocycles. The van der Waals surface area contributed by atoms with Crippen molar-refractivity contribution in [3.63, 3.8) is 0 Å². The van der Waals surface area contributed by atoms with E-state index < -0.39 is 0 Å². The Hall–Kier alpha value is -0.580. The van der Waals surface area contributed by atoms with Crippen LogP contribution in [0, 0.1) is 0 Å². The van der Waals surface area contributed by atoms with Crippen LogP contribution in [-0.2, 0) is 6.42 Å². The van der Waals surface area contributed by atoms with E-state index in [1.54, 1.807) is 12.1 Å². The Kier molecular flexibility index (Phi) is 3.05. The minimum atomic E-state index is 0.356. The van der Waals surface area contributed by atoms with Gasteiger partial charge in [0.05, 0.1) is 0 Å². The van der Waals surface area contributed by atoms with Crippen LogP contribution < -0.4 is 0 Å². The highest BCUT2D eigenvalue weighted by Crippen LogP contribution is 2.27. The number of alkyl halides is 1. The maximum Gasteiger partial charge on any atom is 0.194 e. The molecule has 14 heavy (non-hydrogen) atoms. The van der Waals surface area contributed by atoms with Gasteiger partial charge in [0.15, 0.2) is 16.0 Å². The molecule has 2 aromatic rings. The first-order valence-electron chi connectivity index (χ1n) is 3.93.